The van der Waals surface area contributed by atoms with Gasteiger partial charge in [-0.2, -0.15) is 0 Å². The van der Waals surface area contributed by atoms with Gasteiger partial charge in [-0.25, -0.2) is 0 Å². The molecule has 6 nitrogen and oxygen atoms in total. The Kier molecular flexibility index (Phi) is 6.88. The number of hydrogen-bond acceptors (Lipinski definition) is 3. The lowest BCUT2D eigenvalue weighted by Gasteiger charge is -2.29. The highest BCUT2D eigenvalue weighted by Crippen LogP contribution is 2.16. The molecule has 2 aromatic rings. The minimum atomic E-state index is -0.0788. The third kappa shape index (κ3) is 5.81. The van der Waals surface area contributed by atoms with Crippen molar-refractivity contribution in [1.29, 1.82) is 0 Å². The quantitative estimate of drug-likeness (QED) is 0.696. The number of carbonyl (C=O) groups excluding carboxylic acids is 2. The summed E-state index contributed by atoms with van der Waals surface area (Å²) in [6.07, 6.45) is 1.73. The van der Waals surface area contributed by atoms with E-state index in [9.17, 15) is 9.59 Å². The molecule has 1 aliphatic heterocycles. The standard InChI is InChI=1S/C23H29N3O3/c1-16-7-8-21(17(2)13-16)25-22(27)15-26-11-9-19(10-12-26)24-23(28)18-5-4-6-20(14-18)29-3/h4-8,13-14,19H,9-12,15H2,1-3H3,(H,24,28)(H,25,27)/p+1. The molecule has 0 unspecified atom stereocenters. The molecule has 0 aromatic heterocycles. The number of ether oxygens (including phenoxy) is 1. The summed E-state index contributed by atoms with van der Waals surface area (Å²) in [4.78, 5) is 26.1. The number of anilines is 1. The van der Waals surface area contributed by atoms with E-state index in [0.717, 1.165) is 37.2 Å². The zero-order valence-corrected chi connectivity index (χ0v) is 17.4. The van der Waals surface area contributed by atoms with E-state index in [4.69, 9.17) is 4.74 Å². The van der Waals surface area contributed by atoms with Gasteiger partial charge in [0.15, 0.2) is 6.54 Å². The molecule has 3 rings (SSSR count). The van der Waals surface area contributed by atoms with Gasteiger partial charge >= 0.3 is 0 Å². The third-order valence-electron chi connectivity index (χ3n) is 5.43. The summed E-state index contributed by atoms with van der Waals surface area (Å²) in [6, 6.07) is 13.3. The van der Waals surface area contributed by atoms with Crippen molar-refractivity contribution in [2.24, 2.45) is 0 Å². The number of benzene rings is 2. The molecular weight excluding hydrogens is 366 g/mol. The molecule has 0 saturated carbocycles. The smallest absolute Gasteiger partial charge is 0.279 e. The Bertz CT molecular complexity index is 873. The van der Waals surface area contributed by atoms with E-state index in [-0.39, 0.29) is 17.9 Å². The topological polar surface area (TPSA) is 71.9 Å². The molecule has 0 aliphatic carbocycles. The maximum atomic E-state index is 12.5. The van der Waals surface area contributed by atoms with Crippen LogP contribution in [-0.2, 0) is 4.79 Å². The number of aryl methyl sites for hydroxylation is 2. The van der Waals surface area contributed by atoms with Gasteiger partial charge in [0, 0.05) is 30.1 Å². The molecule has 0 radical (unpaired) electrons. The lowest BCUT2D eigenvalue weighted by atomic mass is 10.0. The van der Waals surface area contributed by atoms with Gasteiger partial charge in [0.1, 0.15) is 5.75 Å². The number of quaternary nitrogens is 1. The molecule has 1 aliphatic rings. The fraction of sp³-hybridized carbons (Fsp3) is 0.391. The number of carbonyl (C=O) groups is 2. The van der Waals surface area contributed by atoms with Crippen molar-refractivity contribution in [3.8, 4) is 5.75 Å². The van der Waals surface area contributed by atoms with Crippen molar-refractivity contribution in [1.82, 2.24) is 5.32 Å². The molecule has 6 heteroatoms. The van der Waals surface area contributed by atoms with E-state index in [1.54, 1.807) is 19.2 Å². The second-order valence-corrected chi connectivity index (χ2v) is 7.77. The molecule has 0 atom stereocenters. The first kappa shape index (κ1) is 20.9. The minimum Gasteiger partial charge on any atom is -0.497 e. The van der Waals surface area contributed by atoms with Crippen LogP contribution in [0.5, 0.6) is 5.75 Å². The van der Waals surface area contributed by atoms with E-state index < -0.39 is 0 Å². The van der Waals surface area contributed by atoms with Crippen LogP contribution in [-0.4, -0.2) is 44.6 Å². The number of methoxy groups -OCH3 is 1. The summed E-state index contributed by atoms with van der Waals surface area (Å²) in [6.45, 7) is 6.22. The highest BCUT2D eigenvalue weighted by atomic mass is 16.5. The van der Waals surface area contributed by atoms with E-state index >= 15 is 0 Å². The fourth-order valence-corrected chi connectivity index (χ4v) is 3.76. The SMILES string of the molecule is COc1cccc(C(=O)NC2CC[NH+](CC(=O)Nc3ccc(C)cc3C)CC2)c1. The van der Waals surface area contributed by atoms with Gasteiger partial charge in [-0.15, -0.1) is 0 Å². The number of amides is 2. The summed E-state index contributed by atoms with van der Waals surface area (Å²) in [7, 11) is 1.59. The lowest BCUT2D eigenvalue weighted by Crippen LogP contribution is -3.14. The summed E-state index contributed by atoms with van der Waals surface area (Å²) >= 11 is 0. The number of likely N-dealkylation sites (tertiary alicyclic amines) is 1. The predicted octanol–water partition coefficient (Wildman–Crippen LogP) is 1.73. The Hall–Kier alpha value is -2.86. The average Bonchev–Trinajstić information content (AvgIpc) is 2.71. The van der Waals surface area contributed by atoms with Crippen LogP contribution >= 0.6 is 0 Å². The highest BCUT2D eigenvalue weighted by Gasteiger charge is 2.25. The summed E-state index contributed by atoms with van der Waals surface area (Å²) < 4.78 is 5.18. The molecular formula is C23H30N3O3+. The Morgan fingerprint density at radius 1 is 1.10 bits per heavy atom. The normalized spacial score (nSPS) is 18.7. The first-order chi connectivity index (χ1) is 13.9. The molecule has 2 aromatic carbocycles. The summed E-state index contributed by atoms with van der Waals surface area (Å²) in [5.74, 6) is 0.627. The van der Waals surface area contributed by atoms with Crippen LogP contribution in [0.3, 0.4) is 0 Å². The number of piperidine rings is 1. The Labute approximate surface area is 172 Å². The van der Waals surface area contributed by atoms with Crippen LogP contribution in [0.25, 0.3) is 0 Å². The van der Waals surface area contributed by atoms with Gasteiger partial charge < -0.3 is 20.3 Å². The fourth-order valence-electron chi connectivity index (χ4n) is 3.76. The van der Waals surface area contributed by atoms with Crippen molar-refractivity contribution >= 4 is 17.5 Å². The van der Waals surface area contributed by atoms with Gasteiger partial charge in [-0.1, -0.05) is 23.8 Å². The van der Waals surface area contributed by atoms with Gasteiger partial charge in [0.25, 0.3) is 11.8 Å². The lowest BCUT2D eigenvalue weighted by molar-refractivity contribution is -0.897. The second kappa shape index (κ2) is 9.56. The van der Waals surface area contributed by atoms with Crippen LogP contribution in [0.2, 0.25) is 0 Å². The Morgan fingerprint density at radius 2 is 1.86 bits per heavy atom. The first-order valence-electron chi connectivity index (χ1n) is 10.1. The van der Waals surface area contributed by atoms with Gasteiger partial charge in [0.05, 0.1) is 20.2 Å². The Morgan fingerprint density at radius 3 is 2.55 bits per heavy atom. The molecule has 1 heterocycles. The molecule has 1 fully saturated rings. The largest absolute Gasteiger partial charge is 0.497 e. The zero-order chi connectivity index (χ0) is 20.8. The minimum absolute atomic E-state index is 0.0332. The highest BCUT2D eigenvalue weighted by molar-refractivity contribution is 5.94. The van der Waals surface area contributed by atoms with Crippen molar-refractivity contribution < 1.29 is 19.2 Å². The molecule has 154 valence electrons. The van der Waals surface area contributed by atoms with Gasteiger partial charge in [0.2, 0.25) is 0 Å². The van der Waals surface area contributed by atoms with Gasteiger partial charge in [-0.3, -0.25) is 9.59 Å². The van der Waals surface area contributed by atoms with Crippen LogP contribution in [0.15, 0.2) is 42.5 Å². The van der Waals surface area contributed by atoms with E-state index in [1.165, 1.54) is 10.5 Å². The number of rotatable bonds is 6. The number of hydrogen-bond donors (Lipinski definition) is 3. The molecule has 1 saturated heterocycles. The maximum Gasteiger partial charge on any atom is 0.279 e. The first-order valence-corrected chi connectivity index (χ1v) is 10.1. The van der Waals surface area contributed by atoms with Crippen molar-refractivity contribution in [2.45, 2.75) is 32.7 Å². The number of nitrogens with one attached hydrogen (secondary N) is 3. The van der Waals surface area contributed by atoms with E-state index in [0.29, 0.717) is 17.9 Å². The van der Waals surface area contributed by atoms with Crippen molar-refractivity contribution in [3.05, 3.63) is 59.2 Å². The zero-order valence-electron chi connectivity index (χ0n) is 17.4. The maximum absolute atomic E-state index is 12.5. The van der Waals surface area contributed by atoms with Crippen LogP contribution in [0, 0.1) is 13.8 Å². The van der Waals surface area contributed by atoms with Crippen LogP contribution in [0.1, 0.15) is 34.3 Å². The molecule has 3 N–H and O–H groups in total. The van der Waals surface area contributed by atoms with Gasteiger partial charge in [-0.05, 0) is 43.7 Å². The predicted molar refractivity (Wildman–Crippen MR) is 114 cm³/mol. The van der Waals surface area contributed by atoms with E-state index in [2.05, 4.69) is 16.7 Å². The molecule has 0 spiro atoms. The van der Waals surface area contributed by atoms with Crippen molar-refractivity contribution in [3.63, 3.8) is 0 Å². The monoisotopic (exact) mass is 396 g/mol. The molecule has 2 amide bonds. The Balaban J connectivity index is 1.45. The summed E-state index contributed by atoms with van der Waals surface area (Å²) in [5, 5.41) is 6.12. The third-order valence-corrected chi connectivity index (χ3v) is 5.43. The summed E-state index contributed by atoms with van der Waals surface area (Å²) in [5.41, 5.74) is 3.74. The van der Waals surface area contributed by atoms with E-state index in [1.807, 2.05) is 38.1 Å². The second-order valence-electron chi connectivity index (χ2n) is 7.77. The van der Waals surface area contributed by atoms with Crippen LogP contribution < -0.4 is 20.3 Å². The average molecular weight is 397 g/mol. The van der Waals surface area contributed by atoms with Crippen LogP contribution in [0.4, 0.5) is 5.69 Å². The molecule has 29 heavy (non-hydrogen) atoms. The molecule has 0 bridgehead atoms. The van der Waals surface area contributed by atoms with Crippen molar-refractivity contribution in [2.75, 3.05) is 32.1 Å².